The Hall–Kier alpha value is -0.536. The maximum atomic E-state index is 12.2. The lowest BCUT2D eigenvalue weighted by Gasteiger charge is -2.34. The molecule has 0 heterocycles. The molecule has 0 bridgehead atoms. The zero-order valence-corrected chi connectivity index (χ0v) is 23.6. The molecule has 0 aromatic rings. The minimum absolute atomic E-state index is 0.0960. The van der Waals surface area contributed by atoms with Crippen LogP contribution in [0, 0.1) is 11.8 Å². The molecule has 2 atom stereocenters. The third-order valence-corrected chi connectivity index (χ3v) is 11.5. The number of nitrogens with zero attached hydrogens (tertiary/aromatic N) is 1. The first-order chi connectivity index (χ1) is 15.2. The fourth-order valence-corrected chi connectivity index (χ4v) is 9.72. The van der Waals surface area contributed by atoms with E-state index >= 15 is 0 Å². The summed E-state index contributed by atoms with van der Waals surface area (Å²) in [4.78, 5) is 13.9. The van der Waals surface area contributed by atoms with Gasteiger partial charge in [0.1, 0.15) is 0 Å². The third-order valence-electron chi connectivity index (χ3n) is 4.76. The van der Waals surface area contributed by atoms with E-state index in [2.05, 4.69) is 13.8 Å². The number of carbonyl (C=O) groups excluding carboxylic acids is 1. The molecule has 0 aliphatic heterocycles. The smallest absolute Gasteiger partial charge is 0.374 e. The summed E-state index contributed by atoms with van der Waals surface area (Å²) >= 11 is 0. The van der Waals surface area contributed by atoms with Crippen molar-refractivity contribution in [2.24, 2.45) is 17.6 Å². The van der Waals surface area contributed by atoms with Gasteiger partial charge in [-0.05, 0) is 53.4 Å². The molecule has 0 spiro atoms. The lowest BCUT2D eigenvalue weighted by Crippen LogP contribution is -2.50. The van der Waals surface area contributed by atoms with Crippen LogP contribution in [0.2, 0.25) is 12.1 Å². The Kier molecular flexibility index (Phi) is 16.7. The molecule has 32 heavy (non-hydrogen) atoms. The van der Waals surface area contributed by atoms with Gasteiger partial charge < -0.3 is 37.2 Å². The summed E-state index contributed by atoms with van der Waals surface area (Å²) in [5.41, 5.74) is 5.74. The van der Waals surface area contributed by atoms with Crippen molar-refractivity contribution >= 4 is 23.6 Å². The molecule has 0 rings (SSSR count). The van der Waals surface area contributed by atoms with E-state index < -0.39 is 23.6 Å². The molecular formula is C21H48N2O7Si2. The van der Waals surface area contributed by atoms with Gasteiger partial charge in [-0.15, -0.1) is 0 Å². The van der Waals surface area contributed by atoms with Crippen molar-refractivity contribution in [3.05, 3.63) is 0 Å². The minimum atomic E-state index is -2.80. The van der Waals surface area contributed by atoms with E-state index in [1.54, 1.807) is 4.90 Å². The van der Waals surface area contributed by atoms with Crippen LogP contribution in [0.3, 0.4) is 0 Å². The Morgan fingerprint density at radius 1 is 0.656 bits per heavy atom. The van der Waals surface area contributed by atoms with E-state index in [-0.39, 0.29) is 11.8 Å². The highest BCUT2D eigenvalue weighted by molar-refractivity contribution is 6.61. The summed E-state index contributed by atoms with van der Waals surface area (Å²) < 4.78 is 35.8. The molecule has 0 aromatic carbocycles. The molecule has 192 valence electrons. The van der Waals surface area contributed by atoms with Crippen molar-refractivity contribution in [1.82, 2.24) is 4.90 Å². The van der Waals surface area contributed by atoms with Gasteiger partial charge >= 0.3 is 23.6 Å². The van der Waals surface area contributed by atoms with Crippen LogP contribution >= 0.6 is 0 Å². The molecule has 2 N–H and O–H groups in total. The van der Waals surface area contributed by atoms with Gasteiger partial charge in [0.25, 0.3) is 0 Å². The van der Waals surface area contributed by atoms with Crippen molar-refractivity contribution in [2.45, 2.75) is 67.5 Å². The summed E-state index contributed by atoms with van der Waals surface area (Å²) in [5, 5.41) is 0. The largest absolute Gasteiger partial charge is 0.501 e. The summed E-state index contributed by atoms with van der Waals surface area (Å²) in [6.45, 7) is 19.9. The van der Waals surface area contributed by atoms with E-state index in [0.29, 0.717) is 64.8 Å². The van der Waals surface area contributed by atoms with E-state index in [9.17, 15) is 4.79 Å². The van der Waals surface area contributed by atoms with Crippen molar-refractivity contribution in [2.75, 3.05) is 52.7 Å². The van der Waals surface area contributed by atoms with Crippen molar-refractivity contribution in [3.63, 3.8) is 0 Å². The van der Waals surface area contributed by atoms with Gasteiger partial charge in [0.15, 0.2) is 0 Å². The molecule has 0 saturated carbocycles. The first-order valence-electron chi connectivity index (χ1n) is 12.0. The van der Waals surface area contributed by atoms with Crippen LogP contribution < -0.4 is 5.73 Å². The maximum absolute atomic E-state index is 12.2. The van der Waals surface area contributed by atoms with Crippen LogP contribution in [-0.4, -0.2) is 81.3 Å². The predicted octanol–water partition coefficient (Wildman–Crippen LogP) is 3.74. The highest BCUT2D eigenvalue weighted by Gasteiger charge is 2.44. The van der Waals surface area contributed by atoms with Gasteiger partial charge in [-0.25, -0.2) is 4.79 Å². The third kappa shape index (κ3) is 11.5. The fraction of sp³-hybridized carbons (Fsp3) is 0.952. The van der Waals surface area contributed by atoms with Crippen molar-refractivity contribution in [1.29, 1.82) is 0 Å². The van der Waals surface area contributed by atoms with Gasteiger partial charge in [0.05, 0.1) is 0 Å². The first kappa shape index (κ1) is 31.5. The summed E-state index contributed by atoms with van der Waals surface area (Å²) in [6, 6.07) is 0.795. The number of primary amides is 1. The second-order valence-corrected chi connectivity index (χ2v) is 13.1. The van der Waals surface area contributed by atoms with Crippen LogP contribution in [0.1, 0.15) is 55.4 Å². The number of hydrogen-bond donors (Lipinski definition) is 1. The number of rotatable bonds is 20. The second kappa shape index (κ2) is 17.0. The van der Waals surface area contributed by atoms with Crippen molar-refractivity contribution < 1.29 is 31.4 Å². The molecule has 9 nitrogen and oxygen atoms in total. The number of amides is 2. The summed E-state index contributed by atoms with van der Waals surface area (Å²) in [6.07, 6.45) is 0. The van der Waals surface area contributed by atoms with E-state index in [1.165, 1.54) is 0 Å². The monoisotopic (exact) mass is 496 g/mol. The normalized spacial score (nSPS) is 14.4. The zero-order valence-electron chi connectivity index (χ0n) is 21.6. The lowest BCUT2D eigenvalue weighted by molar-refractivity contribution is 0.0644. The molecule has 0 aliphatic carbocycles. The van der Waals surface area contributed by atoms with Crippen LogP contribution in [-0.2, 0) is 26.6 Å². The first-order valence-corrected chi connectivity index (χ1v) is 15.9. The molecule has 0 aliphatic rings. The SMILES string of the molecule is CCO[Si](CC(C)CN(CC(C)C[Si](OCC)(OCC)OCC)C(N)=O)(OCC)OCC. The Bertz CT molecular complexity index is 433. The molecule has 0 fully saturated rings. The van der Waals surface area contributed by atoms with E-state index in [1.807, 2.05) is 41.5 Å². The van der Waals surface area contributed by atoms with Crippen LogP contribution in [0.5, 0.6) is 0 Å². The molecular weight excluding hydrogens is 448 g/mol. The van der Waals surface area contributed by atoms with Crippen LogP contribution in [0.4, 0.5) is 4.79 Å². The molecule has 0 aromatic heterocycles. The minimum Gasteiger partial charge on any atom is -0.374 e. The number of hydrogen-bond acceptors (Lipinski definition) is 7. The fourth-order valence-electron chi connectivity index (χ4n) is 3.91. The summed E-state index contributed by atoms with van der Waals surface area (Å²) in [5.74, 6) is 0.192. The van der Waals surface area contributed by atoms with Crippen molar-refractivity contribution in [3.8, 4) is 0 Å². The van der Waals surface area contributed by atoms with Gasteiger partial charge in [-0.2, -0.15) is 0 Å². The highest BCUT2D eigenvalue weighted by Crippen LogP contribution is 2.25. The quantitative estimate of drug-likeness (QED) is 0.256. The van der Waals surface area contributed by atoms with Gasteiger partial charge in [0.2, 0.25) is 0 Å². The number of carbonyl (C=O) groups is 1. The van der Waals surface area contributed by atoms with E-state index in [0.717, 1.165) is 0 Å². The Morgan fingerprint density at radius 2 is 0.906 bits per heavy atom. The molecule has 11 heteroatoms. The molecule has 0 saturated heterocycles. The highest BCUT2D eigenvalue weighted by atomic mass is 28.4. The lowest BCUT2D eigenvalue weighted by atomic mass is 10.1. The van der Waals surface area contributed by atoms with E-state index in [4.69, 9.17) is 32.3 Å². The van der Waals surface area contributed by atoms with Gasteiger partial charge in [0, 0.05) is 64.8 Å². The van der Waals surface area contributed by atoms with Gasteiger partial charge in [-0.1, -0.05) is 13.8 Å². The maximum Gasteiger partial charge on any atom is 0.501 e. The zero-order chi connectivity index (χ0) is 24.6. The van der Waals surface area contributed by atoms with Gasteiger partial charge in [-0.3, -0.25) is 0 Å². The second-order valence-electron chi connectivity index (χ2n) is 7.83. The average molecular weight is 497 g/mol. The Morgan fingerprint density at radius 3 is 1.09 bits per heavy atom. The molecule has 0 radical (unpaired) electrons. The number of nitrogens with two attached hydrogens (primary N) is 1. The standard InChI is InChI=1S/C21H48N2O7Si2/c1-9-25-31(26-10-2,27-11-3)17-19(7)15-23(21(22)24)16-20(8)18-32(28-12-4,29-13-5)30-14-6/h19-20H,9-18H2,1-8H3,(H2,22,24). The molecule has 2 amide bonds. The molecule has 2 unspecified atom stereocenters. The predicted molar refractivity (Wildman–Crippen MR) is 130 cm³/mol. The Labute approximate surface area is 197 Å². The summed E-state index contributed by atoms with van der Waals surface area (Å²) in [7, 11) is -5.60. The average Bonchev–Trinajstić information content (AvgIpc) is 2.68. The Balaban J connectivity index is 5.27. The van der Waals surface area contributed by atoms with Crippen LogP contribution in [0.15, 0.2) is 0 Å². The topological polar surface area (TPSA) is 102 Å². The number of urea groups is 1. The van der Waals surface area contributed by atoms with Crippen LogP contribution in [0.25, 0.3) is 0 Å².